The summed E-state index contributed by atoms with van der Waals surface area (Å²) < 4.78 is 43.5. The number of likely N-dealkylation sites (tertiary alicyclic amines) is 1. The second-order valence-corrected chi connectivity index (χ2v) is 5.92. The van der Waals surface area contributed by atoms with E-state index >= 15 is 0 Å². The molecular weight excluding hydrogens is 333 g/mol. The molecule has 3 rings (SSSR count). The SMILES string of the molecule is O=C(Cc1ccc(C(F)(F)F)cc1)N1CC[C@H](Oc2ccncc2)C1. The van der Waals surface area contributed by atoms with E-state index in [1.165, 1.54) is 12.1 Å². The van der Waals surface area contributed by atoms with Crippen LogP contribution in [0.15, 0.2) is 48.8 Å². The summed E-state index contributed by atoms with van der Waals surface area (Å²) in [6.07, 6.45) is -0.370. The molecule has 25 heavy (non-hydrogen) atoms. The lowest BCUT2D eigenvalue weighted by molar-refractivity contribution is -0.137. The molecule has 1 fully saturated rings. The number of benzene rings is 1. The third-order valence-electron chi connectivity index (χ3n) is 4.09. The van der Waals surface area contributed by atoms with E-state index in [4.69, 9.17) is 4.74 Å². The third-order valence-corrected chi connectivity index (χ3v) is 4.09. The summed E-state index contributed by atoms with van der Waals surface area (Å²) in [5.74, 6) is 0.595. The van der Waals surface area contributed by atoms with Crippen LogP contribution < -0.4 is 4.74 Å². The summed E-state index contributed by atoms with van der Waals surface area (Å²) >= 11 is 0. The molecule has 0 unspecified atom stereocenters. The highest BCUT2D eigenvalue weighted by atomic mass is 19.4. The molecule has 2 heterocycles. The van der Waals surface area contributed by atoms with Crippen LogP contribution >= 0.6 is 0 Å². The summed E-state index contributed by atoms with van der Waals surface area (Å²) in [7, 11) is 0. The smallest absolute Gasteiger partial charge is 0.416 e. The summed E-state index contributed by atoms with van der Waals surface area (Å²) in [5.41, 5.74) is -0.146. The Morgan fingerprint density at radius 2 is 1.84 bits per heavy atom. The molecule has 1 atom stereocenters. The fourth-order valence-corrected chi connectivity index (χ4v) is 2.76. The van der Waals surface area contributed by atoms with Gasteiger partial charge in [0.25, 0.3) is 0 Å². The highest BCUT2D eigenvalue weighted by molar-refractivity contribution is 5.79. The first-order valence-corrected chi connectivity index (χ1v) is 7.92. The molecule has 132 valence electrons. The van der Waals surface area contributed by atoms with Crippen molar-refractivity contribution in [2.24, 2.45) is 0 Å². The van der Waals surface area contributed by atoms with E-state index in [1.54, 1.807) is 29.4 Å². The maximum atomic E-state index is 12.6. The maximum absolute atomic E-state index is 12.6. The molecule has 0 radical (unpaired) electrons. The van der Waals surface area contributed by atoms with Crippen LogP contribution in [-0.4, -0.2) is 35.0 Å². The van der Waals surface area contributed by atoms with Crippen molar-refractivity contribution in [3.8, 4) is 5.75 Å². The number of nitrogens with zero attached hydrogens (tertiary/aromatic N) is 2. The number of hydrogen-bond donors (Lipinski definition) is 0. The van der Waals surface area contributed by atoms with Crippen molar-refractivity contribution in [3.63, 3.8) is 0 Å². The molecule has 1 aromatic heterocycles. The number of halogens is 3. The lowest BCUT2D eigenvalue weighted by Gasteiger charge is -2.17. The van der Waals surface area contributed by atoms with Gasteiger partial charge in [-0.15, -0.1) is 0 Å². The Labute approximate surface area is 143 Å². The van der Waals surface area contributed by atoms with Gasteiger partial charge in [0.05, 0.1) is 18.5 Å². The van der Waals surface area contributed by atoms with E-state index in [-0.39, 0.29) is 18.4 Å². The second-order valence-electron chi connectivity index (χ2n) is 5.92. The topological polar surface area (TPSA) is 42.4 Å². The van der Waals surface area contributed by atoms with Gasteiger partial charge in [-0.25, -0.2) is 0 Å². The van der Waals surface area contributed by atoms with Crippen LogP contribution in [-0.2, 0) is 17.4 Å². The zero-order chi connectivity index (χ0) is 17.9. The van der Waals surface area contributed by atoms with Crippen molar-refractivity contribution in [1.82, 2.24) is 9.88 Å². The normalized spacial score (nSPS) is 17.6. The molecule has 0 N–H and O–H groups in total. The maximum Gasteiger partial charge on any atom is 0.416 e. The minimum atomic E-state index is -4.37. The van der Waals surface area contributed by atoms with E-state index in [9.17, 15) is 18.0 Å². The molecule has 1 aliphatic rings. The number of ether oxygens (including phenoxy) is 1. The van der Waals surface area contributed by atoms with Gasteiger partial charge in [-0.2, -0.15) is 13.2 Å². The van der Waals surface area contributed by atoms with Crippen LogP contribution in [0.5, 0.6) is 5.75 Å². The van der Waals surface area contributed by atoms with Crippen LogP contribution in [0.25, 0.3) is 0 Å². The Kier molecular flexibility index (Phi) is 4.92. The molecule has 2 aromatic rings. The first kappa shape index (κ1) is 17.3. The van der Waals surface area contributed by atoms with Crippen LogP contribution in [0.3, 0.4) is 0 Å². The Balaban J connectivity index is 1.54. The minimum absolute atomic E-state index is 0.0834. The van der Waals surface area contributed by atoms with E-state index < -0.39 is 11.7 Å². The molecule has 0 bridgehead atoms. The molecule has 1 aliphatic heterocycles. The van der Waals surface area contributed by atoms with E-state index in [1.807, 2.05) is 0 Å². The van der Waals surface area contributed by atoms with Gasteiger partial charge in [-0.3, -0.25) is 9.78 Å². The molecule has 1 saturated heterocycles. The predicted octanol–water partition coefficient (Wildman–Crippen LogP) is 3.32. The highest BCUT2D eigenvalue weighted by Gasteiger charge is 2.30. The Morgan fingerprint density at radius 1 is 1.16 bits per heavy atom. The van der Waals surface area contributed by atoms with Gasteiger partial charge in [-0.1, -0.05) is 12.1 Å². The van der Waals surface area contributed by atoms with Gasteiger partial charge in [-0.05, 0) is 29.8 Å². The van der Waals surface area contributed by atoms with Crippen molar-refractivity contribution >= 4 is 5.91 Å². The van der Waals surface area contributed by atoms with Crippen LogP contribution in [0.1, 0.15) is 17.5 Å². The van der Waals surface area contributed by atoms with Crippen molar-refractivity contribution in [1.29, 1.82) is 0 Å². The Morgan fingerprint density at radius 3 is 2.48 bits per heavy atom. The number of alkyl halides is 3. The van der Waals surface area contributed by atoms with Gasteiger partial charge < -0.3 is 9.64 Å². The van der Waals surface area contributed by atoms with E-state index in [0.717, 1.165) is 18.6 Å². The largest absolute Gasteiger partial charge is 0.488 e. The number of hydrogen-bond acceptors (Lipinski definition) is 3. The number of pyridine rings is 1. The molecule has 0 saturated carbocycles. The summed E-state index contributed by atoms with van der Waals surface area (Å²) in [4.78, 5) is 17.9. The summed E-state index contributed by atoms with van der Waals surface area (Å²) in [5, 5.41) is 0. The lowest BCUT2D eigenvalue weighted by Crippen LogP contribution is -2.32. The predicted molar refractivity (Wildman–Crippen MR) is 85.0 cm³/mol. The first-order valence-electron chi connectivity index (χ1n) is 7.92. The number of aromatic nitrogens is 1. The second kappa shape index (κ2) is 7.13. The van der Waals surface area contributed by atoms with Gasteiger partial charge in [0.2, 0.25) is 5.91 Å². The van der Waals surface area contributed by atoms with Gasteiger partial charge >= 0.3 is 6.18 Å². The molecule has 0 spiro atoms. The zero-order valence-corrected chi connectivity index (χ0v) is 13.4. The molecule has 1 amide bonds. The van der Waals surface area contributed by atoms with Crippen LogP contribution in [0, 0.1) is 0 Å². The molecule has 4 nitrogen and oxygen atoms in total. The fraction of sp³-hybridized carbons (Fsp3) is 0.333. The van der Waals surface area contributed by atoms with E-state index in [2.05, 4.69) is 4.98 Å². The quantitative estimate of drug-likeness (QED) is 0.850. The molecule has 0 aliphatic carbocycles. The van der Waals surface area contributed by atoms with E-state index in [0.29, 0.717) is 24.4 Å². The number of rotatable bonds is 4. The highest BCUT2D eigenvalue weighted by Crippen LogP contribution is 2.29. The van der Waals surface area contributed by atoms with Crippen LogP contribution in [0.4, 0.5) is 13.2 Å². The Hall–Kier alpha value is -2.57. The number of carbonyl (C=O) groups excluding carboxylic acids is 1. The monoisotopic (exact) mass is 350 g/mol. The van der Waals surface area contributed by atoms with Gasteiger partial charge in [0.1, 0.15) is 11.9 Å². The van der Waals surface area contributed by atoms with Crippen molar-refractivity contribution < 1.29 is 22.7 Å². The molecular formula is C18H17F3N2O2. The minimum Gasteiger partial charge on any atom is -0.488 e. The van der Waals surface area contributed by atoms with Crippen molar-refractivity contribution in [2.45, 2.75) is 25.1 Å². The van der Waals surface area contributed by atoms with Crippen molar-refractivity contribution in [3.05, 3.63) is 59.9 Å². The summed E-state index contributed by atoms with van der Waals surface area (Å²) in [6.45, 7) is 1.05. The fourth-order valence-electron chi connectivity index (χ4n) is 2.76. The average molecular weight is 350 g/mol. The standard InChI is InChI=1S/C18H17F3N2O2/c19-18(20,21)14-3-1-13(2-4-14)11-17(24)23-10-7-16(12-23)25-15-5-8-22-9-6-15/h1-6,8-9,16H,7,10-12H2/t16-/m0/s1. The summed E-state index contributed by atoms with van der Waals surface area (Å²) in [6, 6.07) is 8.22. The first-order chi connectivity index (χ1) is 11.9. The number of amides is 1. The number of carbonyl (C=O) groups is 1. The Bertz CT molecular complexity index is 717. The van der Waals surface area contributed by atoms with Crippen molar-refractivity contribution in [2.75, 3.05) is 13.1 Å². The zero-order valence-electron chi connectivity index (χ0n) is 13.4. The average Bonchev–Trinajstić information content (AvgIpc) is 3.04. The van der Waals surface area contributed by atoms with Gasteiger partial charge in [0.15, 0.2) is 0 Å². The lowest BCUT2D eigenvalue weighted by atomic mass is 10.1. The molecule has 1 aromatic carbocycles. The molecule has 7 heteroatoms. The third kappa shape index (κ3) is 4.49. The van der Waals surface area contributed by atoms with Crippen LogP contribution in [0.2, 0.25) is 0 Å². The van der Waals surface area contributed by atoms with Gasteiger partial charge in [0, 0.05) is 25.4 Å².